The molecular formula is C10H13F3N2O. The minimum atomic E-state index is -4.34. The quantitative estimate of drug-likeness (QED) is 0.756. The van der Waals surface area contributed by atoms with Crippen LogP contribution in [0, 0.1) is 6.92 Å². The van der Waals surface area contributed by atoms with Crippen LogP contribution in [0.2, 0.25) is 0 Å². The topological polar surface area (TPSA) is 56.0 Å². The molecular weight excluding hydrogens is 221 g/mol. The summed E-state index contributed by atoms with van der Waals surface area (Å²) in [7, 11) is 0. The van der Waals surface area contributed by atoms with Crippen molar-refractivity contribution in [2.45, 2.75) is 26.4 Å². The lowest BCUT2D eigenvalue weighted by Gasteiger charge is -2.08. The number of rotatable bonds is 1. The molecule has 16 heavy (non-hydrogen) atoms. The highest BCUT2D eigenvalue weighted by Crippen LogP contribution is 2.28. The second kappa shape index (κ2) is 6.09. The molecule has 0 aliphatic rings. The van der Waals surface area contributed by atoms with Crippen molar-refractivity contribution in [2.75, 3.05) is 0 Å². The van der Waals surface area contributed by atoms with E-state index in [4.69, 9.17) is 4.79 Å². The van der Waals surface area contributed by atoms with Crippen molar-refractivity contribution in [3.63, 3.8) is 0 Å². The van der Waals surface area contributed by atoms with E-state index in [1.807, 2.05) is 6.92 Å². The molecule has 0 bridgehead atoms. The van der Waals surface area contributed by atoms with Crippen LogP contribution in [0.1, 0.15) is 23.9 Å². The number of pyridine rings is 1. The van der Waals surface area contributed by atoms with Gasteiger partial charge in [-0.3, -0.25) is 4.79 Å². The molecule has 1 rings (SSSR count). The number of hydrogen-bond acceptors (Lipinski definition) is 2. The second-order valence-electron chi connectivity index (χ2n) is 2.93. The molecule has 1 aromatic heterocycles. The number of nitrogens with zero attached hydrogens (tertiary/aromatic N) is 1. The molecule has 0 aliphatic carbocycles. The molecule has 1 amide bonds. The number of carbonyl (C=O) groups is 1. The molecule has 0 saturated heterocycles. The molecule has 0 fully saturated rings. The third kappa shape index (κ3) is 4.29. The fourth-order valence-electron chi connectivity index (χ4n) is 1.12. The zero-order valence-corrected chi connectivity index (χ0v) is 9.01. The van der Waals surface area contributed by atoms with Gasteiger partial charge >= 0.3 is 6.18 Å². The van der Waals surface area contributed by atoms with E-state index in [1.54, 1.807) is 6.92 Å². The van der Waals surface area contributed by atoms with Gasteiger partial charge in [0.2, 0.25) is 6.41 Å². The first kappa shape index (κ1) is 14.4. The van der Waals surface area contributed by atoms with Gasteiger partial charge in [0.15, 0.2) is 0 Å². The van der Waals surface area contributed by atoms with Crippen LogP contribution >= 0.6 is 0 Å². The molecule has 0 aliphatic heterocycles. The maximum absolute atomic E-state index is 12.1. The van der Waals surface area contributed by atoms with Gasteiger partial charge in [-0.25, -0.2) is 4.98 Å². The van der Waals surface area contributed by atoms with E-state index < -0.39 is 11.9 Å². The second-order valence-corrected chi connectivity index (χ2v) is 2.93. The van der Waals surface area contributed by atoms with Gasteiger partial charge in [-0.1, -0.05) is 13.0 Å². The molecule has 90 valence electrons. The summed E-state index contributed by atoms with van der Waals surface area (Å²) in [6.07, 6.45) is -3.38. The predicted octanol–water partition coefficient (Wildman–Crippen LogP) is 2.07. The number of alkyl halides is 3. The van der Waals surface area contributed by atoms with Crippen molar-refractivity contribution >= 4 is 6.41 Å². The number of nitrogens with two attached hydrogens (primary N) is 1. The maximum atomic E-state index is 12.1. The lowest BCUT2D eigenvalue weighted by atomic mass is 10.1. The molecule has 3 nitrogen and oxygen atoms in total. The summed E-state index contributed by atoms with van der Waals surface area (Å²) in [6, 6.07) is 2.50. The largest absolute Gasteiger partial charge is 0.433 e. The van der Waals surface area contributed by atoms with Crippen LogP contribution in [-0.4, -0.2) is 11.4 Å². The van der Waals surface area contributed by atoms with E-state index in [2.05, 4.69) is 10.7 Å². The van der Waals surface area contributed by atoms with Crippen molar-refractivity contribution in [3.8, 4) is 0 Å². The summed E-state index contributed by atoms with van der Waals surface area (Å²) in [4.78, 5) is 12.1. The van der Waals surface area contributed by atoms with Crippen LogP contribution in [0.5, 0.6) is 0 Å². The molecule has 6 heteroatoms. The van der Waals surface area contributed by atoms with Crippen LogP contribution in [0.15, 0.2) is 12.1 Å². The summed E-state index contributed by atoms with van der Waals surface area (Å²) >= 11 is 0. The van der Waals surface area contributed by atoms with Crippen LogP contribution < -0.4 is 5.73 Å². The molecule has 0 radical (unpaired) electrons. The minimum absolute atomic E-state index is 0.250. The highest BCUT2D eigenvalue weighted by atomic mass is 19.4. The van der Waals surface area contributed by atoms with Gasteiger partial charge in [0.1, 0.15) is 5.69 Å². The summed E-state index contributed by atoms with van der Waals surface area (Å²) in [6.45, 7) is 3.48. The van der Waals surface area contributed by atoms with Crippen molar-refractivity contribution in [1.29, 1.82) is 0 Å². The van der Waals surface area contributed by atoms with E-state index in [1.165, 1.54) is 6.07 Å². The Kier molecular flexibility index (Phi) is 5.49. The molecule has 2 N–H and O–H groups in total. The van der Waals surface area contributed by atoms with E-state index in [9.17, 15) is 13.2 Å². The third-order valence-corrected chi connectivity index (χ3v) is 1.87. The smallest absolute Gasteiger partial charge is 0.372 e. The summed E-state index contributed by atoms with van der Waals surface area (Å²) in [5.41, 5.74) is 4.66. The Bertz CT molecular complexity index is 350. The molecule has 0 unspecified atom stereocenters. The first-order valence-corrected chi connectivity index (χ1v) is 4.55. The highest BCUT2D eigenvalue weighted by Gasteiger charge is 2.32. The van der Waals surface area contributed by atoms with Gasteiger partial charge in [0.25, 0.3) is 0 Å². The van der Waals surface area contributed by atoms with Crippen molar-refractivity contribution < 1.29 is 18.0 Å². The normalized spacial score (nSPS) is 10.3. The number of halogens is 3. The fourth-order valence-corrected chi connectivity index (χ4v) is 1.12. The van der Waals surface area contributed by atoms with Gasteiger partial charge in [-0.2, -0.15) is 13.2 Å². The van der Waals surface area contributed by atoms with Crippen LogP contribution in [0.25, 0.3) is 0 Å². The van der Waals surface area contributed by atoms with Gasteiger partial charge in [0.05, 0.1) is 0 Å². The number of carbonyl (C=O) groups excluding carboxylic acids is 1. The third-order valence-electron chi connectivity index (χ3n) is 1.87. The number of amides is 1. The van der Waals surface area contributed by atoms with Crippen molar-refractivity contribution in [2.24, 2.45) is 5.73 Å². The SMILES string of the molecule is CCc1ccc(C(F)(F)F)nc1C.NC=O. The Morgan fingerprint density at radius 2 is 1.94 bits per heavy atom. The van der Waals surface area contributed by atoms with Crippen molar-refractivity contribution in [1.82, 2.24) is 4.98 Å². The highest BCUT2D eigenvalue weighted by molar-refractivity contribution is 5.42. The Morgan fingerprint density at radius 3 is 2.25 bits per heavy atom. The maximum Gasteiger partial charge on any atom is 0.433 e. The Balaban J connectivity index is 0.000000673. The Morgan fingerprint density at radius 1 is 1.44 bits per heavy atom. The Labute approximate surface area is 91.5 Å². The summed E-state index contributed by atoms with van der Waals surface area (Å²) in [5, 5.41) is 0. The van der Waals surface area contributed by atoms with Crippen LogP contribution in [-0.2, 0) is 17.4 Å². The van der Waals surface area contributed by atoms with Crippen LogP contribution in [0.4, 0.5) is 13.2 Å². The number of aromatic nitrogens is 1. The van der Waals surface area contributed by atoms with E-state index in [-0.39, 0.29) is 6.41 Å². The first-order valence-electron chi connectivity index (χ1n) is 4.55. The minimum Gasteiger partial charge on any atom is -0.372 e. The van der Waals surface area contributed by atoms with Gasteiger partial charge < -0.3 is 5.73 Å². The summed E-state index contributed by atoms with van der Waals surface area (Å²) in [5.74, 6) is 0. The Hall–Kier alpha value is -1.59. The first-order chi connectivity index (χ1) is 7.36. The molecule has 1 heterocycles. The number of aryl methyl sites for hydroxylation is 2. The predicted molar refractivity (Wildman–Crippen MR) is 53.6 cm³/mol. The van der Waals surface area contributed by atoms with Gasteiger partial charge in [-0.05, 0) is 25.0 Å². The van der Waals surface area contributed by atoms with Crippen molar-refractivity contribution in [3.05, 3.63) is 29.1 Å². The molecule has 0 atom stereocenters. The monoisotopic (exact) mass is 234 g/mol. The van der Waals surface area contributed by atoms with Gasteiger partial charge in [0, 0.05) is 5.69 Å². The zero-order chi connectivity index (χ0) is 12.8. The van der Waals surface area contributed by atoms with E-state index >= 15 is 0 Å². The zero-order valence-electron chi connectivity index (χ0n) is 9.01. The average Bonchev–Trinajstić information content (AvgIpc) is 2.17. The molecule has 0 saturated carbocycles. The van der Waals surface area contributed by atoms with E-state index in [0.29, 0.717) is 12.1 Å². The van der Waals surface area contributed by atoms with Gasteiger partial charge in [-0.15, -0.1) is 0 Å². The fraction of sp³-hybridized carbons (Fsp3) is 0.400. The number of primary amides is 1. The average molecular weight is 234 g/mol. The lowest BCUT2D eigenvalue weighted by molar-refractivity contribution is -0.141. The molecule has 0 aromatic carbocycles. The van der Waals surface area contributed by atoms with Crippen LogP contribution in [0.3, 0.4) is 0 Å². The molecule has 1 aromatic rings. The summed E-state index contributed by atoms with van der Waals surface area (Å²) < 4.78 is 36.4. The van der Waals surface area contributed by atoms with E-state index in [0.717, 1.165) is 11.6 Å². The molecule has 0 spiro atoms. The lowest BCUT2D eigenvalue weighted by Crippen LogP contribution is -2.09. The standard InChI is InChI=1S/C9H10F3N.CH3NO/c1-3-7-4-5-8(9(10,11)12)13-6(7)2;2-1-3/h4-5H,3H2,1-2H3;1H,(H2,2,3). The number of hydrogen-bond donors (Lipinski definition) is 1.